The topological polar surface area (TPSA) is 63.9 Å². The van der Waals surface area contributed by atoms with Crippen LogP contribution in [0, 0.1) is 0 Å². The van der Waals surface area contributed by atoms with Crippen molar-refractivity contribution in [2.45, 2.75) is 6.42 Å². The van der Waals surface area contributed by atoms with E-state index in [0.29, 0.717) is 19.8 Å². The summed E-state index contributed by atoms with van der Waals surface area (Å²) >= 11 is 0. The van der Waals surface area contributed by atoms with Gasteiger partial charge in [-0.05, 0) is 12.1 Å². The standard InChI is InChI=1S/C11H15N3O/c12-6-8-15-7-5-11-13-9-3-1-2-4-10(9)14-11/h1-4H,5-8,12H2,(H,13,14). The molecule has 2 aromatic rings. The molecule has 0 bridgehead atoms. The lowest BCUT2D eigenvalue weighted by Crippen LogP contribution is -2.10. The fraction of sp³-hybridized carbons (Fsp3) is 0.364. The van der Waals surface area contributed by atoms with Crippen molar-refractivity contribution in [2.75, 3.05) is 19.8 Å². The molecular weight excluding hydrogens is 190 g/mol. The van der Waals surface area contributed by atoms with Crippen molar-refractivity contribution in [2.24, 2.45) is 5.73 Å². The molecule has 0 radical (unpaired) electrons. The van der Waals surface area contributed by atoms with E-state index in [9.17, 15) is 0 Å². The summed E-state index contributed by atoms with van der Waals surface area (Å²) in [4.78, 5) is 7.69. The van der Waals surface area contributed by atoms with Crippen LogP contribution in [-0.2, 0) is 11.2 Å². The van der Waals surface area contributed by atoms with Gasteiger partial charge in [-0.3, -0.25) is 0 Å². The molecule has 0 fully saturated rings. The van der Waals surface area contributed by atoms with Gasteiger partial charge in [0.05, 0.1) is 24.2 Å². The summed E-state index contributed by atoms with van der Waals surface area (Å²) in [5.41, 5.74) is 7.40. The van der Waals surface area contributed by atoms with Crippen LogP contribution >= 0.6 is 0 Å². The van der Waals surface area contributed by atoms with Crippen molar-refractivity contribution < 1.29 is 4.74 Å². The van der Waals surface area contributed by atoms with Crippen LogP contribution in [0.25, 0.3) is 11.0 Å². The van der Waals surface area contributed by atoms with Gasteiger partial charge in [-0.25, -0.2) is 4.98 Å². The SMILES string of the molecule is NCCOCCc1nc2ccccc2[nH]1. The first-order valence-corrected chi connectivity index (χ1v) is 5.11. The third-order valence-corrected chi connectivity index (χ3v) is 2.18. The van der Waals surface area contributed by atoms with Crippen LogP contribution < -0.4 is 5.73 Å². The Morgan fingerprint density at radius 1 is 1.27 bits per heavy atom. The maximum atomic E-state index is 5.32. The lowest BCUT2D eigenvalue weighted by Gasteiger charge is -1.98. The Kier molecular flexibility index (Phi) is 3.32. The highest BCUT2D eigenvalue weighted by Gasteiger charge is 2.00. The molecule has 0 amide bonds. The summed E-state index contributed by atoms with van der Waals surface area (Å²) in [6.45, 7) is 1.84. The lowest BCUT2D eigenvalue weighted by atomic mass is 10.3. The maximum absolute atomic E-state index is 5.32. The number of para-hydroxylation sites is 2. The van der Waals surface area contributed by atoms with Crippen LogP contribution in [0.1, 0.15) is 5.82 Å². The number of hydrogen-bond donors (Lipinski definition) is 2. The predicted molar refractivity (Wildman–Crippen MR) is 59.7 cm³/mol. The molecule has 0 atom stereocenters. The second-order valence-corrected chi connectivity index (χ2v) is 3.35. The van der Waals surface area contributed by atoms with Crippen molar-refractivity contribution in [3.63, 3.8) is 0 Å². The Morgan fingerprint density at radius 3 is 2.93 bits per heavy atom. The van der Waals surface area contributed by atoms with E-state index in [2.05, 4.69) is 9.97 Å². The van der Waals surface area contributed by atoms with E-state index in [4.69, 9.17) is 10.5 Å². The summed E-state index contributed by atoms with van der Waals surface area (Å²) in [5.74, 6) is 0.966. The number of imidazole rings is 1. The second kappa shape index (κ2) is 4.91. The van der Waals surface area contributed by atoms with Gasteiger partial charge in [0, 0.05) is 13.0 Å². The molecule has 3 N–H and O–H groups in total. The first-order chi connectivity index (χ1) is 7.40. The molecule has 0 aliphatic rings. The van der Waals surface area contributed by atoms with Gasteiger partial charge in [0.1, 0.15) is 5.82 Å². The van der Waals surface area contributed by atoms with Gasteiger partial charge in [-0.1, -0.05) is 12.1 Å². The molecule has 80 valence electrons. The fourth-order valence-corrected chi connectivity index (χ4v) is 1.48. The minimum atomic E-state index is 0.570. The number of H-pyrrole nitrogens is 1. The normalized spacial score (nSPS) is 11.0. The number of fused-ring (bicyclic) bond motifs is 1. The molecule has 2 rings (SSSR count). The van der Waals surface area contributed by atoms with Crippen molar-refractivity contribution in [3.05, 3.63) is 30.1 Å². The highest BCUT2D eigenvalue weighted by atomic mass is 16.5. The summed E-state index contributed by atoms with van der Waals surface area (Å²) in [6.07, 6.45) is 0.800. The average molecular weight is 205 g/mol. The molecule has 0 aliphatic carbocycles. The summed E-state index contributed by atoms with van der Waals surface area (Å²) in [6, 6.07) is 8.00. The first-order valence-electron chi connectivity index (χ1n) is 5.11. The Morgan fingerprint density at radius 2 is 2.13 bits per heavy atom. The zero-order chi connectivity index (χ0) is 10.5. The van der Waals surface area contributed by atoms with Gasteiger partial charge in [-0.15, -0.1) is 0 Å². The number of benzene rings is 1. The largest absolute Gasteiger partial charge is 0.380 e. The van der Waals surface area contributed by atoms with E-state index in [1.807, 2.05) is 24.3 Å². The lowest BCUT2D eigenvalue weighted by molar-refractivity contribution is 0.143. The van der Waals surface area contributed by atoms with E-state index < -0.39 is 0 Å². The predicted octanol–water partition coefficient (Wildman–Crippen LogP) is 1.08. The highest BCUT2D eigenvalue weighted by molar-refractivity contribution is 5.74. The summed E-state index contributed by atoms with van der Waals surface area (Å²) in [5, 5.41) is 0. The highest BCUT2D eigenvalue weighted by Crippen LogP contribution is 2.10. The second-order valence-electron chi connectivity index (χ2n) is 3.35. The minimum Gasteiger partial charge on any atom is -0.380 e. The van der Waals surface area contributed by atoms with Crippen LogP contribution in [0.2, 0.25) is 0 Å². The van der Waals surface area contributed by atoms with Crippen LogP contribution in [0.3, 0.4) is 0 Å². The van der Waals surface area contributed by atoms with Crippen LogP contribution in [0.5, 0.6) is 0 Å². The molecule has 0 saturated carbocycles. The maximum Gasteiger partial charge on any atom is 0.109 e. The number of nitrogens with one attached hydrogen (secondary N) is 1. The van der Waals surface area contributed by atoms with Gasteiger partial charge in [0.15, 0.2) is 0 Å². The van der Waals surface area contributed by atoms with Crippen LogP contribution in [0.4, 0.5) is 0 Å². The number of rotatable bonds is 5. The Balaban J connectivity index is 1.97. The van der Waals surface area contributed by atoms with Crippen molar-refractivity contribution in [3.8, 4) is 0 Å². The molecule has 0 aliphatic heterocycles. The minimum absolute atomic E-state index is 0.570. The third kappa shape index (κ3) is 2.55. The van der Waals surface area contributed by atoms with Gasteiger partial charge < -0.3 is 15.5 Å². The fourth-order valence-electron chi connectivity index (χ4n) is 1.48. The quantitative estimate of drug-likeness (QED) is 0.718. The molecule has 4 heteroatoms. The number of hydrogen-bond acceptors (Lipinski definition) is 3. The molecular formula is C11H15N3O. The summed E-state index contributed by atoms with van der Waals surface area (Å²) < 4.78 is 5.30. The van der Waals surface area contributed by atoms with Crippen molar-refractivity contribution >= 4 is 11.0 Å². The monoisotopic (exact) mass is 205 g/mol. The number of aromatic amines is 1. The number of nitrogens with two attached hydrogens (primary N) is 1. The molecule has 0 saturated heterocycles. The van der Waals surface area contributed by atoms with Crippen LogP contribution in [0.15, 0.2) is 24.3 Å². The molecule has 1 aromatic heterocycles. The van der Waals surface area contributed by atoms with E-state index >= 15 is 0 Å². The molecule has 0 unspecified atom stereocenters. The van der Waals surface area contributed by atoms with Gasteiger partial charge in [0.2, 0.25) is 0 Å². The molecule has 4 nitrogen and oxygen atoms in total. The first kappa shape index (κ1) is 10.1. The Labute approximate surface area is 88.5 Å². The van der Waals surface area contributed by atoms with E-state index in [1.54, 1.807) is 0 Å². The van der Waals surface area contributed by atoms with E-state index in [1.165, 1.54) is 0 Å². The zero-order valence-corrected chi connectivity index (χ0v) is 8.57. The van der Waals surface area contributed by atoms with Gasteiger partial charge in [-0.2, -0.15) is 0 Å². The Bertz CT molecular complexity index is 391. The van der Waals surface area contributed by atoms with Crippen molar-refractivity contribution in [1.29, 1.82) is 0 Å². The third-order valence-electron chi connectivity index (χ3n) is 2.18. The molecule has 1 aromatic carbocycles. The number of aromatic nitrogens is 2. The van der Waals surface area contributed by atoms with Crippen molar-refractivity contribution in [1.82, 2.24) is 9.97 Å². The average Bonchev–Trinajstić information content (AvgIpc) is 2.67. The zero-order valence-electron chi connectivity index (χ0n) is 8.57. The number of nitrogens with zero attached hydrogens (tertiary/aromatic N) is 1. The number of ether oxygens (including phenoxy) is 1. The molecule has 1 heterocycles. The molecule has 0 spiro atoms. The summed E-state index contributed by atoms with van der Waals surface area (Å²) in [7, 11) is 0. The van der Waals surface area contributed by atoms with E-state index in [0.717, 1.165) is 23.3 Å². The van der Waals surface area contributed by atoms with Crippen LogP contribution in [-0.4, -0.2) is 29.7 Å². The Hall–Kier alpha value is -1.39. The van der Waals surface area contributed by atoms with Gasteiger partial charge in [0.25, 0.3) is 0 Å². The van der Waals surface area contributed by atoms with Gasteiger partial charge >= 0.3 is 0 Å². The molecule has 15 heavy (non-hydrogen) atoms. The van der Waals surface area contributed by atoms with E-state index in [-0.39, 0.29) is 0 Å². The smallest absolute Gasteiger partial charge is 0.109 e.